The second kappa shape index (κ2) is 6.38. The molecule has 0 radical (unpaired) electrons. The summed E-state index contributed by atoms with van der Waals surface area (Å²) in [5, 5.41) is 3.52. The predicted octanol–water partition coefficient (Wildman–Crippen LogP) is 3.13. The van der Waals surface area contributed by atoms with Gasteiger partial charge in [-0.05, 0) is 57.0 Å². The zero-order valence-electron chi connectivity index (χ0n) is 12.8. The summed E-state index contributed by atoms with van der Waals surface area (Å²) in [4.78, 5) is 2.81. The fourth-order valence-corrected chi connectivity index (χ4v) is 4.39. The first-order chi connectivity index (χ1) is 8.63. The van der Waals surface area contributed by atoms with E-state index in [-0.39, 0.29) is 0 Å². The molecule has 1 saturated carbocycles. The minimum Gasteiger partial charge on any atom is -0.317 e. The highest BCUT2D eigenvalue weighted by Gasteiger charge is 2.33. The van der Waals surface area contributed by atoms with Crippen molar-refractivity contribution in [3.63, 3.8) is 0 Å². The van der Waals surface area contributed by atoms with Gasteiger partial charge < -0.3 is 5.32 Å². The summed E-state index contributed by atoms with van der Waals surface area (Å²) in [6, 6.07) is 1.63. The van der Waals surface area contributed by atoms with Crippen LogP contribution in [-0.2, 0) is 0 Å². The second-order valence-electron chi connectivity index (χ2n) is 6.92. The zero-order chi connectivity index (χ0) is 13.1. The molecule has 4 atom stereocenters. The highest BCUT2D eigenvalue weighted by molar-refractivity contribution is 4.89. The Bertz CT molecular complexity index is 243. The third kappa shape index (κ3) is 3.27. The fourth-order valence-electron chi connectivity index (χ4n) is 4.39. The number of hydrogen-bond donors (Lipinski definition) is 1. The molecule has 2 fully saturated rings. The molecule has 0 amide bonds. The lowest BCUT2D eigenvalue weighted by molar-refractivity contribution is 0.0541. The zero-order valence-corrected chi connectivity index (χ0v) is 12.8. The smallest absolute Gasteiger partial charge is 0.0117 e. The first kappa shape index (κ1) is 14.3. The lowest BCUT2D eigenvalue weighted by Gasteiger charge is -2.45. The number of nitrogens with one attached hydrogen (secondary N) is 1. The fraction of sp³-hybridized carbons (Fsp3) is 1.00. The molecule has 0 aromatic carbocycles. The van der Waals surface area contributed by atoms with Crippen molar-refractivity contribution in [3.05, 3.63) is 0 Å². The quantitative estimate of drug-likeness (QED) is 0.830. The van der Waals surface area contributed by atoms with Crippen LogP contribution in [0.25, 0.3) is 0 Å². The second-order valence-corrected chi connectivity index (χ2v) is 6.92. The Balaban J connectivity index is 1.93. The number of hydrogen-bond acceptors (Lipinski definition) is 2. The summed E-state index contributed by atoms with van der Waals surface area (Å²) in [5.74, 6) is 2.72. The monoisotopic (exact) mass is 252 g/mol. The van der Waals surface area contributed by atoms with E-state index in [9.17, 15) is 0 Å². The molecule has 18 heavy (non-hydrogen) atoms. The maximum Gasteiger partial charge on any atom is 0.0117 e. The molecule has 106 valence electrons. The van der Waals surface area contributed by atoms with E-state index in [1.54, 1.807) is 0 Å². The molecule has 1 saturated heterocycles. The standard InChI is InChI=1S/C16H32N2/c1-5-14-11-18(7-6-16(14)17-4)15-9-12(2)8-13(3)10-15/h12-17H,5-11H2,1-4H3. The average molecular weight is 252 g/mol. The van der Waals surface area contributed by atoms with Gasteiger partial charge >= 0.3 is 0 Å². The van der Waals surface area contributed by atoms with E-state index in [1.807, 2.05) is 0 Å². The molecule has 0 aromatic rings. The first-order valence-electron chi connectivity index (χ1n) is 8.05. The van der Waals surface area contributed by atoms with Crippen LogP contribution in [0.3, 0.4) is 0 Å². The van der Waals surface area contributed by atoms with Crippen molar-refractivity contribution in [2.75, 3.05) is 20.1 Å². The highest BCUT2D eigenvalue weighted by atomic mass is 15.2. The van der Waals surface area contributed by atoms with E-state index in [0.29, 0.717) is 0 Å². The number of likely N-dealkylation sites (tertiary alicyclic amines) is 1. The maximum absolute atomic E-state index is 3.52. The van der Waals surface area contributed by atoms with E-state index in [2.05, 4.69) is 38.0 Å². The van der Waals surface area contributed by atoms with Crippen LogP contribution >= 0.6 is 0 Å². The molecule has 2 rings (SSSR count). The van der Waals surface area contributed by atoms with Gasteiger partial charge in [0.1, 0.15) is 0 Å². The van der Waals surface area contributed by atoms with Crippen molar-refractivity contribution in [1.82, 2.24) is 10.2 Å². The predicted molar refractivity (Wildman–Crippen MR) is 78.8 cm³/mol. The Morgan fingerprint density at radius 2 is 1.78 bits per heavy atom. The minimum absolute atomic E-state index is 0.754. The van der Waals surface area contributed by atoms with E-state index < -0.39 is 0 Å². The molecule has 1 aliphatic carbocycles. The normalized spacial score (nSPS) is 43.0. The van der Waals surface area contributed by atoms with Crippen LogP contribution in [0.4, 0.5) is 0 Å². The largest absolute Gasteiger partial charge is 0.317 e. The Hall–Kier alpha value is -0.0800. The lowest BCUT2D eigenvalue weighted by Crippen LogP contribution is -2.52. The van der Waals surface area contributed by atoms with Crippen LogP contribution < -0.4 is 5.32 Å². The Labute approximate surface area is 114 Å². The SMILES string of the molecule is CCC1CN(C2CC(C)CC(C)C2)CCC1NC. The molecule has 1 N–H and O–H groups in total. The van der Waals surface area contributed by atoms with Crippen LogP contribution in [-0.4, -0.2) is 37.1 Å². The molecular weight excluding hydrogens is 220 g/mol. The Morgan fingerprint density at radius 1 is 1.11 bits per heavy atom. The molecule has 2 aliphatic rings. The van der Waals surface area contributed by atoms with Crippen molar-refractivity contribution >= 4 is 0 Å². The molecule has 0 spiro atoms. The molecular formula is C16H32N2. The maximum atomic E-state index is 3.52. The van der Waals surface area contributed by atoms with Gasteiger partial charge in [0.2, 0.25) is 0 Å². The Morgan fingerprint density at radius 3 is 2.33 bits per heavy atom. The number of piperidine rings is 1. The molecule has 1 heterocycles. The van der Waals surface area contributed by atoms with Gasteiger partial charge in [-0.3, -0.25) is 4.90 Å². The molecule has 1 aliphatic heterocycles. The summed E-state index contributed by atoms with van der Waals surface area (Å²) in [5.41, 5.74) is 0. The molecule has 2 heteroatoms. The van der Waals surface area contributed by atoms with Gasteiger partial charge in [0.25, 0.3) is 0 Å². The van der Waals surface area contributed by atoms with E-state index >= 15 is 0 Å². The lowest BCUT2D eigenvalue weighted by atomic mass is 9.78. The van der Waals surface area contributed by atoms with Crippen LogP contribution in [0.2, 0.25) is 0 Å². The third-order valence-corrected chi connectivity index (χ3v) is 5.33. The van der Waals surface area contributed by atoms with Gasteiger partial charge in [-0.1, -0.05) is 27.2 Å². The first-order valence-corrected chi connectivity index (χ1v) is 8.05. The third-order valence-electron chi connectivity index (χ3n) is 5.33. The summed E-state index contributed by atoms with van der Waals surface area (Å²) < 4.78 is 0. The van der Waals surface area contributed by atoms with Crippen LogP contribution in [0.5, 0.6) is 0 Å². The van der Waals surface area contributed by atoms with Crippen molar-refractivity contribution in [1.29, 1.82) is 0 Å². The summed E-state index contributed by atoms with van der Waals surface area (Å²) in [6.07, 6.45) is 6.98. The van der Waals surface area contributed by atoms with Crippen LogP contribution in [0.15, 0.2) is 0 Å². The number of nitrogens with zero attached hydrogens (tertiary/aromatic N) is 1. The topological polar surface area (TPSA) is 15.3 Å². The van der Waals surface area contributed by atoms with Crippen molar-refractivity contribution in [2.24, 2.45) is 17.8 Å². The van der Waals surface area contributed by atoms with Crippen LogP contribution in [0.1, 0.15) is 52.9 Å². The van der Waals surface area contributed by atoms with Gasteiger partial charge in [0, 0.05) is 18.6 Å². The minimum atomic E-state index is 0.754. The summed E-state index contributed by atoms with van der Waals surface area (Å²) in [7, 11) is 2.13. The van der Waals surface area contributed by atoms with Gasteiger partial charge in [0.05, 0.1) is 0 Å². The van der Waals surface area contributed by atoms with Crippen LogP contribution in [0, 0.1) is 17.8 Å². The Kier molecular flexibility index (Phi) is 5.08. The molecule has 0 bridgehead atoms. The van der Waals surface area contributed by atoms with Gasteiger partial charge in [0.15, 0.2) is 0 Å². The van der Waals surface area contributed by atoms with E-state index in [4.69, 9.17) is 0 Å². The molecule has 0 aromatic heterocycles. The summed E-state index contributed by atoms with van der Waals surface area (Å²) in [6.45, 7) is 9.88. The van der Waals surface area contributed by atoms with Gasteiger partial charge in [-0.25, -0.2) is 0 Å². The van der Waals surface area contributed by atoms with Crippen molar-refractivity contribution < 1.29 is 0 Å². The van der Waals surface area contributed by atoms with Gasteiger partial charge in [-0.15, -0.1) is 0 Å². The molecule has 4 unspecified atom stereocenters. The average Bonchev–Trinajstić information content (AvgIpc) is 2.36. The highest BCUT2D eigenvalue weighted by Crippen LogP contribution is 2.33. The number of rotatable bonds is 3. The van der Waals surface area contributed by atoms with E-state index in [1.165, 1.54) is 45.2 Å². The van der Waals surface area contributed by atoms with Crippen molar-refractivity contribution in [2.45, 2.75) is 65.0 Å². The van der Waals surface area contributed by atoms with Gasteiger partial charge in [-0.2, -0.15) is 0 Å². The van der Waals surface area contributed by atoms with E-state index in [0.717, 1.165) is 29.8 Å². The van der Waals surface area contributed by atoms with Crippen molar-refractivity contribution in [3.8, 4) is 0 Å². The summed E-state index contributed by atoms with van der Waals surface area (Å²) >= 11 is 0. The molecule has 2 nitrogen and oxygen atoms in total.